The third-order valence-corrected chi connectivity index (χ3v) is 3.70. The Bertz CT molecular complexity index is 1020. The number of hydrogen-bond acceptors (Lipinski definition) is 5. The number of nitrogens with zero attached hydrogens (tertiary/aromatic N) is 5. The molecule has 6 nitrogen and oxygen atoms in total. The van der Waals surface area contributed by atoms with Crippen molar-refractivity contribution in [3.63, 3.8) is 0 Å². The lowest BCUT2D eigenvalue weighted by Crippen LogP contribution is -2.08. The highest BCUT2D eigenvalue weighted by Gasteiger charge is 2.23. The number of aromatic nitrogens is 3. The van der Waals surface area contributed by atoms with Gasteiger partial charge < -0.3 is 0 Å². The number of rotatable bonds is 2. The Labute approximate surface area is 136 Å². The Morgan fingerprint density at radius 2 is 2.08 bits per heavy atom. The monoisotopic (exact) mass is 318 g/mol. The second-order valence-electron chi connectivity index (χ2n) is 5.04. The molecule has 0 saturated heterocycles. The molecule has 115 valence electrons. The third kappa shape index (κ3) is 2.15. The van der Waals surface area contributed by atoms with Gasteiger partial charge in [0.05, 0.1) is 11.4 Å². The lowest BCUT2D eigenvalue weighted by molar-refractivity contribution is 0.565. The molecule has 0 bridgehead atoms. The van der Waals surface area contributed by atoms with Gasteiger partial charge in [0.2, 0.25) is 6.08 Å². The van der Waals surface area contributed by atoms with Crippen molar-refractivity contribution in [2.24, 2.45) is 9.98 Å². The van der Waals surface area contributed by atoms with Crippen molar-refractivity contribution in [2.75, 3.05) is 0 Å². The standard InChI is InChI=1S/C17H9FN5O/c18-13-7-3-1-5-11(13)16-12-6-2-4-8-14(12)23-15(9-19-16)21-22-17(23)20-10-24/h1,3-8H,9H2. The summed E-state index contributed by atoms with van der Waals surface area (Å²) in [6.45, 7) is 0.180. The summed E-state index contributed by atoms with van der Waals surface area (Å²) in [6, 6.07) is 14.6. The molecule has 0 saturated carbocycles. The van der Waals surface area contributed by atoms with Crippen LogP contribution in [0.25, 0.3) is 5.69 Å². The third-order valence-electron chi connectivity index (χ3n) is 3.70. The van der Waals surface area contributed by atoms with Gasteiger partial charge >= 0.3 is 0 Å². The van der Waals surface area contributed by atoms with Crippen LogP contribution in [0.5, 0.6) is 0 Å². The van der Waals surface area contributed by atoms with E-state index in [0.29, 0.717) is 28.4 Å². The Morgan fingerprint density at radius 1 is 1.21 bits per heavy atom. The van der Waals surface area contributed by atoms with Gasteiger partial charge in [0.25, 0.3) is 5.95 Å². The number of fused-ring (bicyclic) bond motifs is 3. The summed E-state index contributed by atoms with van der Waals surface area (Å²) in [6.07, 6.45) is 1.47. The summed E-state index contributed by atoms with van der Waals surface area (Å²) in [4.78, 5) is 18.7. The van der Waals surface area contributed by atoms with Crippen LogP contribution in [-0.2, 0) is 11.3 Å². The molecule has 0 spiro atoms. The van der Waals surface area contributed by atoms with Gasteiger partial charge in [-0.3, -0.25) is 9.56 Å². The van der Waals surface area contributed by atoms with Crippen molar-refractivity contribution in [1.82, 2.24) is 14.8 Å². The van der Waals surface area contributed by atoms with E-state index in [1.165, 1.54) is 12.1 Å². The molecule has 2 aromatic carbocycles. The number of halogens is 1. The minimum absolute atomic E-state index is 0.109. The molecule has 1 aliphatic heterocycles. The summed E-state index contributed by atoms with van der Waals surface area (Å²) in [5.74, 6) is 0.245. The average Bonchev–Trinajstić information content (AvgIpc) is 2.92. The first-order valence-corrected chi connectivity index (χ1v) is 7.12. The molecule has 0 fully saturated rings. The molecule has 1 aliphatic rings. The van der Waals surface area contributed by atoms with Gasteiger partial charge in [-0.15, -0.1) is 15.2 Å². The van der Waals surface area contributed by atoms with Gasteiger partial charge in [-0.2, -0.15) is 0 Å². The van der Waals surface area contributed by atoms with Crippen molar-refractivity contribution in [1.29, 1.82) is 0 Å². The van der Waals surface area contributed by atoms with Crippen molar-refractivity contribution < 1.29 is 9.18 Å². The van der Waals surface area contributed by atoms with Crippen LogP contribution in [0.15, 0.2) is 52.4 Å². The maximum atomic E-state index is 14.3. The zero-order chi connectivity index (χ0) is 16.5. The average molecular weight is 318 g/mol. The summed E-state index contributed by atoms with van der Waals surface area (Å²) in [5.41, 5.74) is 2.19. The van der Waals surface area contributed by atoms with E-state index in [2.05, 4.69) is 26.2 Å². The number of benzene rings is 2. The Morgan fingerprint density at radius 3 is 2.92 bits per heavy atom. The molecule has 0 atom stereocenters. The summed E-state index contributed by atoms with van der Waals surface area (Å²) < 4.78 is 15.9. The quantitative estimate of drug-likeness (QED) is 0.538. The fraction of sp³-hybridized carbons (Fsp3) is 0.0588. The molecule has 2 heterocycles. The predicted molar refractivity (Wildman–Crippen MR) is 83.7 cm³/mol. The molecule has 1 radical (unpaired) electrons. The number of isocyanates is 1. The van der Waals surface area contributed by atoms with E-state index in [1.807, 2.05) is 0 Å². The van der Waals surface area contributed by atoms with E-state index in [-0.39, 0.29) is 18.3 Å². The van der Waals surface area contributed by atoms with E-state index < -0.39 is 0 Å². The van der Waals surface area contributed by atoms with Crippen LogP contribution in [0.3, 0.4) is 0 Å². The first-order chi connectivity index (χ1) is 11.8. The first kappa shape index (κ1) is 14.2. The predicted octanol–water partition coefficient (Wildman–Crippen LogP) is 2.52. The molecule has 0 N–H and O–H groups in total. The SMILES string of the molecule is O=C=Nc1nnc2n1-c1cc[c]cc1C(c1ccccc1F)=NC2. The van der Waals surface area contributed by atoms with Crippen LogP contribution in [0.4, 0.5) is 10.3 Å². The molecule has 1 aromatic heterocycles. The lowest BCUT2D eigenvalue weighted by atomic mass is 10.00. The molecular formula is C17H9FN5O. The second kappa shape index (κ2) is 5.64. The van der Waals surface area contributed by atoms with Gasteiger partial charge in [0.15, 0.2) is 5.82 Å². The number of hydrogen-bond donors (Lipinski definition) is 0. The largest absolute Gasteiger partial charge is 0.276 e. The van der Waals surface area contributed by atoms with Gasteiger partial charge in [-0.05, 0) is 30.3 Å². The zero-order valence-electron chi connectivity index (χ0n) is 12.3. The maximum Gasteiger partial charge on any atom is 0.266 e. The van der Waals surface area contributed by atoms with Gasteiger partial charge in [-0.25, -0.2) is 9.18 Å². The van der Waals surface area contributed by atoms with Crippen molar-refractivity contribution in [3.05, 3.63) is 71.3 Å². The normalized spacial score (nSPS) is 12.5. The van der Waals surface area contributed by atoms with Crippen LogP contribution in [-0.4, -0.2) is 26.6 Å². The first-order valence-electron chi connectivity index (χ1n) is 7.12. The highest BCUT2D eigenvalue weighted by molar-refractivity contribution is 6.15. The molecule has 0 amide bonds. The topological polar surface area (TPSA) is 72.5 Å². The molecule has 7 heteroatoms. The van der Waals surface area contributed by atoms with Crippen LogP contribution in [0.1, 0.15) is 17.0 Å². The highest BCUT2D eigenvalue weighted by atomic mass is 19.1. The van der Waals surface area contributed by atoms with Crippen molar-refractivity contribution in [2.45, 2.75) is 6.54 Å². The fourth-order valence-corrected chi connectivity index (χ4v) is 2.69. The minimum Gasteiger partial charge on any atom is -0.276 e. The second-order valence-corrected chi connectivity index (χ2v) is 5.04. The van der Waals surface area contributed by atoms with Crippen LogP contribution in [0.2, 0.25) is 0 Å². The molecule has 3 aromatic rings. The molecule has 0 aliphatic carbocycles. The zero-order valence-corrected chi connectivity index (χ0v) is 12.3. The van der Waals surface area contributed by atoms with E-state index in [1.54, 1.807) is 41.0 Å². The Hall–Kier alpha value is -3.44. The smallest absolute Gasteiger partial charge is 0.266 e. The summed E-state index contributed by atoms with van der Waals surface area (Å²) in [5, 5.41) is 7.89. The van der Waals surface area contributed by atoms with E-state index in [0.717, 1.165) is 0 Å². The highest BCUT2D eigenvalue weighted by Crippen LogP contribution is 2.28. The number of aliphatic imine (C=N–C) groups is 2. The van der Waals surface area contributed by atoms with E-state index in [9.17, 15) is 9.18 Å². The molecule has 0 unspecified atom stereocenters. The van der Waals surface area contributed by atoms with Gasteiger partial charge in [-0.1, -0.05) is 18.2 Å². The molecular weight excluding hydrogens is 309 g/mol. The van der Waals surface area contributed by atoms with Crippen LogP contribution < -0.4 is 0 Å². The van der Waals surface area contributed by atoms with Crippen molar-refractivity contribution in [3.8, 4) is 5.69 Å². The van der Waals surface area contributed by atoms with Crippen molar-refractivity contribution >= 4 is 17.7 Å². The van der Waals surface area contributed by atoms with Crippen LogP contribution in [0, 0.1) is 11.9 Å². The maximum absolute atomic E-state index is 14.3. The van der Waals surface area contributed by atoms with E-state index in [4.69, 9.17) is 0 Å². The number of carbonyl (C=O) groups excluding carboxylic acids is 1. The summed E-state index contributed by atoms with van der Waals surface area (Å²) >= 11 is 0. The van der Waals surface area contributed by atoms with Gasteiger partial charge in [0, 0.05) is 11.1 Å². The van der Waals surface area contributed by atoms with Crippen LogP contribution >= 0.6 is 0 Å². The molecule has 4 rings (SSSR count). The Kier molecular flexibility index (Phi) is 3.33. The lowest BCUT2D eigenvalue weighted by Gasteiger charge is -2.11. The van der Waals surface area contributed by atoms with Gasteiger partial charge in [0.1, 0.15) is 12.4 Å². The Balaban J connectivity index is 2.00. The summed E-state index contributed by atoms with van der Waals surface area (Å²) in [7, 11) is 0. The van der Waals surface area contributed by atoms with E-state index >= 15 is 0 Å². The molecule has 24 heavy (non-hydrogen) atoms. The fourth-order valence-electron chi connectivity index (χ4n) is 2.69. The minimum atomic E-state index is -0.366.